The number of ether oxygens (including phenoxy) is 1. The molecule has 2 amide bonds. The van der Waals surface area contributed by atoms with Crippen LogP contribution in [0.4, 0.5) is 4.79 Å². The van der Waals surface area contributed by atoms with Crippen molar-refractivity contribution in [2.24, 2.45) is 10.9 Å². The van der Waals surface area contributed by atoms with Crippen molar-refractivity contribution in [1.29, 1.82) is 0 Å². The first-order chi connectivity index (χ1) is 19.4. The van der Waals surface area contributed by atoms with Gasteiger partial charge in [0, 0.05) is 29.7 Å². The van der Waals surface area contributed by atoms with Crippen LogP contribution in [0, 0.1) is 5.92 Å². The Labute approximate surface area is 246 Å². The molecule has 0 bridgehead atoms. The topological polar surface area (TPSA) is 65.4 Å². The lowest BCUT2D eigenvalue weighted by molar-refractivity contribution is 0.134. The minimum Gasteiger partial charge on any atom is -0.490 e. The van der Waals surface area contributed by atoms with Crippen molar-refractivity contribution >= 4 is 35.1 Å². The number of piperidine rings is 1. The number of amidine groups is 1. The van der Waals surface area contributed by atoms with Crippen molar-refractivity contribution in [3.8, 4) is 5.75 Å². The molecule has 8 heteroatoms. The average Bonchev–Trinajstić information content (AvgIpc) is 3.34. The van der Waals surface area contributed by atoms with E-state index in [9.17, 15) is 9.90 Å². The SMILES string of the molecule is CC(C)Oc1ccccc1C1=NC(c2ccc(Cl)cc2)C(c2ccc(Cl)cc2)N1C(=O)N1CCC(CCO)CC1. The van der Waals surface area contributed by atoms with Crippen LogP contribution in [0.25, 0.3) is 0 Å². The summed E-state index contributed by atoms with van der Waals surface area (Å²) in [6.45, 7) is 5.42. The zero-order chi connectivity index (χ0) is 28.2. The Balaban J connectivity index is 1.62. The van der Waals surface area contributed by atoms with Crippen LogP contribution in [-0.2, 0) is 0 Å². The Morgan fingerprint density at radius 1 is 0.950 bits per heavy atom. The molecular formula is C32H35Cl2N3O3. The Bertz CT molecular complexity index is 1340. The molecule has 3 aromatic carbocycles. The van der Waals surface area contributed by atoms with Gasteiger partial charge in [-0.1, -0.05) is 59.6 Å². The summed E-state index contributed by atoms with van der Waals surface area (Å²) in [4.78, 5) is 23.5. The number of hydrogen-bond acceptors (Lipinski definition) is 4. The molecule has 0 aromatic heterocycles. The largest absolute Gasteiger partial charge is 0.490 e. The predicted molar refractivity (Wildman–Crippen MR) is 160 cm³/mol. The number of halogens is 2. The van der Waals surface area contributed by atoms with Crippen molar-refractivity contribution in [3.63, 3.8) is 0 Å². The first-order valence-corrected chi connectivity index (χ1v) is 14.6. The molecule has 2 aliphatic heterocycles. The maximum Gasteiger partial charge on any atom is 0.326 e. The van der Waals surface area contributed by atoms with Gasteiger partial charge in [0.05, 0.1) is 17.7 Å². The first-order valence-electron chi connectivity index (χ1n) is 13.9. The molecule has 2 aliphatic rings. The van der Waals surface area contributed by atoms with Crippen LogP contribution >= 0.6 is 23.2 Å². The quantitative estimate of drug-likeness (QED) is 0.314. The zero-order valence-electron chi connectivity index (χ0n) is 22.8. The lowest BCUT2D eigenvalue weighted by atomic mass is 9.93. The van der Waals surface area contributed by atoms with E-state index in [4.69, 9.17) is 32.9 Å². The van der Waals surface area contributed by atoms with Crippen LogP contribution < -0.4 is 4.74 Å². The highest BCUT2D eigenvalue weighted by molar-refractivity contribution is 6.30. The lowest BCUT2D eigenvalue weighted by Gasteiger charge is -2.38. The van der Waals surface area contributed by atoms with Gasteiger partial charge >= 0.3 is 6.03 Å². The fourth-order valence-electron chi connectivity index (χ4n) is 5.61. The molecule has 6 nitrogen and oxygen atoms in total. The summed E-state index contributed by atoms with van der Waals surface area (Å²) >= 11 is 12.5. The van der Waals surface area contributed by atoms with Gasteiger partial charge in [0.15, 0.2) is 0 Å². The van der Waals surface area contributed by atoms with Crippen LogP contribution in [0.5, 0.6) is 5.75 Å². The Morgan fingerprint density at radius 3 is 2.15 bits per heavy atom. The molecule has 210 valence electrons. The maximum atomic E-state index is 14.5. The van der Waals surface area contributed by atoms with Gasteiger partial charge in [0.2, 0.25) is 0 Å². The number of likely N-dealkylation sites (tertiary alicyclic amines) is 1. The number of benzene rings is 3. The summed E-state index contributed by atoms with van der Waals surface area (Å²) in [7, 11) is 0. The fraction of sp³-hybridized carbons (Fsp3) is 0.375. The number of amides is 2. The van der Waals surface area contributed by atoms with E-state index in [0.29, 0.717) is 40.6 Å². The number of aliphatic imine (C=N–C) groups is 1. The number of aliphatic hydroxyl groups is 1. The predicted octanol–water partition coefficient (Wildman–Crippen LogP) is 7.54. The van der Waals surface area contributed by atoms with Gasteiger partial charge < -0.3 is 14.7 Å². The van der Waals surface area contributed by atoms with E-state index in [2.05, 4.69) is 0 Å². The number of carbonyl (C=O) groups excluding carboxylic acids is 1. The molecule has 0 saturated carbocycles. The monoisotopic (exact) mass is 579 g/mol. The lowest BCUT2D eigenvalue weighted by Crippen LogP contribution is -2.49. The summed E-state index contributed by atoms with van der Waals surface area (Å²) in [5.74, 6) is 1.69. The van der Waals surface area contributed by atoms with Gasteiger partial charge in [0.25, 0.3) is 0 Å². The molecule has 2 atom stereocenters. The molecule has 2 unspecified atom stereocenters. The second kappa shape index (κ2) is 12.6. The highest BCUT2D eigenvalue weighted by Gasteiger charge is 2.45. The third-order valence-corrected chi connectivity index (χ3v) is 8.11. The van der Waals surface area contributed by atoms with Gasteiger partial charge in [-0.25, -0.2) is 4.79 Å². The smallest absolute Gasteiger partial charge is 0.326 e. The molecule has 5 rings (SSSR count). The third kappa shape index (κ3) is 6.14. The van der Waals surface area contributed by atoms with E-state index in [0.717, 1.165) is 36.0 Å². The first kappa shape index (κ1) is 28.5. The summed E-state index contributed by atoms with van der Waals surface area (Å²) in [5, 5.41) is 10.7. The van der Waals surface area contributed by atoms with E-state index in [1.54, 1.807) is 0 Å². The number of urea groups is 1. The van der Waals surface area contributed by atoms with Crippen molar-refractivity contribution in [2.75, 3.05) is 19.7 Å². The molecule has 0 radical (unpaired) electrons. The van der Waals surface area contributed by atoms with Crippen LogP contribution in [-0.4, -0.2) is 52.6 Å². The number of hydrogen-bond donors (Lipinski definition) is 1. The summed E-state index contributed by atoms with van der Waals surface area (Å²) in [6.07, 6.45) is 2.46. The molecular weight excluding hydrogens is 545 g/mol. The molecule has 1 N–H and O–H groups in total. The van der Waals surface area contributed by atoms with Crippen molar-refractivity contribution in [3.05, 3.63) is 99.5 Å². The number of aliphatic hydroxyl groups excluding tert-OH is 1. The summed E-state index contributed by atoms with van der Waals surface area (Å²) < 4.78 is 6.19. The maximum absolute atomic E-state index is 14.5. The molecule has 0 aliphatic carbocycles. The van der Waals surface area contributed by atoms with Gasteiger partial charge in [-0.05, 0) is 86.6 Å². The Hall–Kier alpha value is -3.06. The molecule has 1 fully saturated rings. The normalized spacial score (nSPS) is 19.7. The zero-order valence-corrected chi connectivity index (χ0v) is 24.4. The van der Waals surface area contributed by atoms with Crippen molar-refractivity contribution in [1.82, 2.24) is 9.80 Å². The van der Waals surface area contributed by atoms with E-state index >= 15 is 0 Å². The minimum absolute atomic E-state index is 0.0445. The number of nitrogens with zero attached hydrogens (tertiary/aromatic N) is 3. The average molecular weight is 581 g/mol. The van der Waals surface area contributed by atoms with E-state index < -0.39 is 6.04 Å². The van der Waals surface area contributed by atoms with Crippen LogP contribution in [0.1, 0.15) is 61.9 Å². The fourth-order valence-corrected chi connectivity index (χ4v) is 5.86. The van der Waals surface area contributed by atoms with Crippen LogP contribution in [0.15, 0.2) is 77.8 Å². The Morgan fingerprint density at radius 2 is 1.55 bits per heavy atom. The summed E-state index contributed by atoms with van der Waals surface area (Å²) in [5.41, 5.74) is 2.67. The second-order valence-corrected chi connectivity index (χ2v) is 11.6. The van der Waals surface area contributed by atoms with Gasteiger partial charge in [-0.3, -0.25) is 9.89 Å². The summed E-state index contributed by atoms with van der Waals surface area (Å²) in [6, 6.07) is 22.2. The number of carbonyl (C=O) groups is 1. The van der Waals surface area contributed by atoms with Gasteiger partial charge in [-0.15, -0.1) is 0 Å². The number of para-hydroxylation sites is 1. The highest BCUT2D eigenvalue weighted by atomic mass is 35.5. The Kier molecular flexibility index (Phi) is 8.99. The minimum atomic E-state index is -0.400. The van der Waals surface area contributed by atoms with Gasteiger partial charge in [0.1, 0.15) is 17.6 Å². The van der Waals surface area contributed by atoms with Crippen LogP contribution in [0.2, 0.25) is 10.0 Å². The molecule has 2 heterocycles. The number of rotatable bonds is 7. The van der Waals surface area contributed by atoms with Crippen LogP contribution in [0.3, 0.4) is 0 Å². The van der Waals surface area contributed by atoms with Gasteiger partial charge in [-0.2, -0.15) is 0 Å². The molecule has 0 spiro atoms. The van der Waals surface area contributed by atoms with E-state index in [-0.39, 0.29) is 24.8 Å². The standard InChI is InChI=1S/C32H35Cl2N3O3/c1-21(2)40-28-6-4-3-5-27(28)31-35-29(23-7-11-25(33)12-8-23)30(24-9-13-26(34)14-10-24)37(31)32(39)36-18-15-22(16-19-36)17-20-38/h3-14,21-22,29-30,38H,15-20H2,1-2H3. The van der Waals surface area contributed by atoms with E-state index in [1.807, 2.05) is 96.4 Å². The van der Waals surface area contributed by atoms with Crippen molar-refractivity contribution in [2.45, 2.75) is 51.3 Å². The van der Waals surface area contributed by atoms with E-state index in [1.165, 1.54) is 0 Å². The molecule has 1 saturated heterocycles. The molecule has 40 heavy (non-hydrogen) atoms. The third-order valence-electron chi connectivity index (χ3n) is 7.61. The molecule has 3 aromatic rings. The van der Waals surface area contributed by atoms with Crippen molar-refractivity contribution < 1.29 is 14.6 Å². The highest BCUT2D eigenvalue weighted by Crippen LogP contribution is 2.45. The second-order valence-electron chi connectivity index (χ2n) is 10.7.